The molecule has 0 aliphatic rings. The zero-order chi connectivity index (χ0) is 14.7. The van der Waals surface area contributed by atoms with E-state index in [1.54, 1.807) is 0 Å². The normalized spacial score (nSPS) is 11.3. The van der Waals surface area contributed by atoms with Crippen LogP contribution in [0.1, 0.15) is 0 Å². The maximum Gasteiger partial charge on any atom is 0.171 e. The molecule has 0 unspecified atom stereocenters. The molecule has 104 valence electrons. The van der Waals surface area contributed by atoms with Gasteiger partial charge in [0.1, 0.15) is 0 Å². The fourth-order valence-corrected chi connectivity index (χ4v) is 5.29. The summed E-state index contributed by atoms with van der Waals surface area (Å²) in [6.45, 7) is 0. The zero-order valence-electron chi connectivity index (χ0n) is 11.3. The van der Waals surface area contributed by atoms with E-state index in [4.69, 9.17) is 0 Å². The van der Waals surface area contributed by atoms with Gasteiger partial charge in [0.05, 0.1) is 0 Å². The van der Waals surface area contributed by atoms with Crippen LogP contribution in [-0.2, 0) is 4.57 Å². The molecule has 3 aromatic carbocycles. The van der Waals surface area contributed by atoms with Gasteiger partial charge in [0, 0.05) is 20.4 Å². The Kier molecular flexibility index (Phi) is 4.10. The lowest BCUT2D eigenvalue weighted by Gasteiger charge is -2.19. The van der Waals surface area contributed by atoms with E-state index >= 15 is 0 Å². The molecule has 3 rings (SSSR count). The molecular weight excluding hydrogens is 343 g/mol. The minimum absolute atomic E-state index is 0.850. The van der Waals surface area contributed by atoms with E-state index in [1.807, 2.05) is 84.9 Å². The Bertz CT molecular complexity index is 724. The van der Waals surface area contributed by atoms with Gasteiger partial charge in [-0.25, -0.2) is 0 Å². The van der Waals surface area contributed by atoms with Gasteiger partial charge < -0.3 is 4.57 Å². The fraction of sp³-hybridized carbons (Fsp3) is 0. The second-order valence-corrected chi connectivity index (χ2v) is 8.44. The van der Waals surface area contributed by atoms with Crippen molar-refractivity contribution in [2.24, 2.45) is 0 Å². The van der Waals surface area contributed by atoms with Crippen LogP contribution in [0.5, 0.6) is 0 Å². The highest BCUT2D eigenvalue weighted by Gasteiger charge is 2.29. The third kappa shape index (κ3) is 2.74. The molecule has 3 aromatic rings. The quantitative estimate of drug-likeness (QED) is 0.646. The Morgan fingerprint density at radius 3 is 1.38 bits per heavy atom. The summed E-state index contributed by atoms with van der Waals surface area (Å²) in [7, 11) is -2.82. The molecule has 0 saturated heterocycles. The van der Waals surface area contributed by atoms with Crippen LogP contribution in [0.3, 0.4) is 0 Å². The molecule has 0 radical (unpaired) electrons. The van der Waals surface area contributed by atoms with Gasteiger partial charge in [-0.3, -0.25) is 0 Å². The number of hydrogen-bond acceptors (Lipinski definition) is 1. The van der Waals surface area contributed by atoms with Gasteiger partial charge in [-0.15, -0.1) is 0 Å². The molecule has 0 saturated carbocycles. The van der Waals surface area contributed by atoms with Crippen molar-refractivity contribution in [2.75, 3.05) is 0 Å². The van der Waals surface area contributed by atoms with Crippen molar-refractivity contribution in [3.8, 4) is 0 Å². The summed E-state index contributed by atoms with van der Waals surface area (Å²) in [5, 5.41) is 2.57. The van der Waals surface area contributed by atoms with Crippen molar-refractivity contribution in [2.45, 2.75) is 0 Å². The molecule has 0 amide bonds. The van der Waals surface area contributed by atoms with E-state index < -0.39 is 7.14 Å². The van der Waals surface area contributed by atoms with Crippen molar-refractivity contribution in [1.82, 2.24) is 0 Å². The van der Waals surface area contributed by atoms with E-state index in [9.17, 15) is 4.57 Å². The summed E-state index contributed by atoms with van der Waals surface area (Å²) in [4.78, 5) is 0. The van der Waals surface area contributed by atoms with Gasteiger partial charge in [-0.1, -0.05) is 76.6 Å². The van der Waals surface area contributed by atoms with Gasteiger partial charge in [-0.2, -0.15) is 0 Å². The summed E-state index contributed by atoms with van der Waals surface area (Å²) in [6.07, 6.45) is 0. The lowest BCUT2D eigenvalue weighted by Crippen LogP contribution is -2.24. The third-order valence-electron chi connectivity index (χ3n) is 3.43. The van der Waals surface area contributed by atoms with Crippen molar-refractivity contribution in [3.05, 3.63) is 89.4 Å². The Morgan fingerprint density at radius 2 is 0.952 bits per heavy atom. The molecule has 0 bridgehead atoms. The van der Waals surface area contributed by atoms with Gasteiger partial charge >= 0.3 is 0 Å². The van der Waals surface area contributed by atoms with Crippen LogP contribution in [0.15, 0.2) is 89.4 Å². The first-order valence-corrected chi connectivity index (χ1v) is 9.18. The van der Waals surface area contributed by atoms with Gasteiger partial charge in [-0.05, 0) is 24.3 Å². The van der Waals surface area contributed by atoms with Gasteiger partial charge in [0.15, 0.2) is 7.14 Å². The minimum atomic E-state index is -2.82. The molecule has 0 aliphatic carbocycles. The Labute approximate surface area is 133 Å². The van der Waals surface area contributed by atoms with Crippen LogP contribution in [0.25, 0.3) is 0 Å². The average Bonchev–Trinajstić information content (AvgIpc) is 2.56. The van der Waals surface area contributed by atoms with Crippen molar-refractivity contribution < 1.29 is 4.57 Å². The Hall–Kier alpha value is -1.63. The van der Waals surface area contributed by atoms with Gasteiger partial charge in [0.25, 0.3) is 0 Å². The molecule has 0 spiro atoms. The van der Waals surface area contributed by atoms with E-state index in [0.29, 0.717) is 0 Å². The topological polar surface area (TPSA) is 17.1 Å². The maximum atomic E-state index is 13.9. The molecule has 0 heterocycles. The molecular formula is C18H14BrOP. The molecule has 0 atom stereocenters. The highest BCUT2D eigenvalue weighted by molar-refractivity contribution is 9.10. The highest BCUT2D eigenvalue weighted by Crippen LogP contribution is 2.42. The van der Waals surface area contributed by atoms with E-state index in [2.05, 4.69) is 15.9 Å². The van der Waals surface area contributed by atoms with Crippen molar-refractivity contribution in [1.29, 1.82) is 0 Å². The Morgan fingerprint density at radius 1 is 0.571 bits per heavy atom. The van der Waals surface area contributed by atoms with E-state index in [-0.39, 0.29) is 0 Å². The Balaban J connectivity index is 2.26. The standard InChI is InChI=1S/C18H14BrOP/c19-15-11-13-18(14-12-15)21(20,16-7-3-1-4-8-16)17-9-5-2-6-10-17/h1-14H. The second kappa shape index (κ2) is 6.01. The molecule has 0 fully saturated rings. The second-order valence-electron chi connectivity index (χ2n) is 4.76. The molecule has 3 heteroatoms. The number of benzene rings is 3. The molecule has 21 heavy (non-hydrogen) atoms. The average molecular weight is 357 g/mol. The van der Waals surface area contributed by atoms with Crippen LogP contribution in [0.4, 0.5) is 0 Å². The summed E-state index contributed by atoms with van der Waals surface area (Å²) in [5.41, 5.74) is 0. The predicted molar refractivity (Wildman–Crippen MR) is 93.5 cm³/mol. The van der Waals surface area contributed by atoms with Crippen LogP contribution in [-0.4, -0.2) is 0 Å². The predicted octanol–water partition coefficient (Wildman–Crippen LogP) is 4.09. The smallest absolute Gasteiger partial charge is 0.171 e. The summed E-state index contributed by atoms with van der Waals surface area (Å²) >= 11 is 3.43. The third-order valence-corrected chi connectivity index (χ3v) is 7.03. The molecule has 1 nitrogen and oxygen atoms in total. The van der Waals surface area contributed by atoms with Crippen molar-refractivity contribution in [3.63, 3.8) is 0 Å². The first-order valence-electron chi connectivity index (χ1n) is 6.69. The first-order chi connectivity index (χ1) is 10.2. The number of rotatable bonds is 3. The summed E-state index contributed by atoms with van der Waals surface area (Å²) < 4.78 is 14.9. The van der Waals surface area contributed by atoms with E-state index in [1.165, 1.54) is 0 Å². The number of halogens is 1. The maximum absolute atomic E-state index is 13.9. The largest absolute Gasteiger partial charge is 0.309 e. The number of hydrogen-bond donors (Lipinski definition) is 0. The van der Waals surface area contributed by atoms with Crippen molar-refractivity contribution >= 4 is 39.0 Å². The monoisotopic (exact) mass is 356 g/mol. The zero-order valence-corrected chi connectivity index (χ0v) is 13.8. The SMILES string of the molecule is O=P(c1ccccc1)(c1ccccc1)c1ccc(Br)cc1. The summed E-state index contributed by atoms with van der Waals surface area (Å²) in [5.74, 6) is 0. The van der Waals surface area contributed by atoms with Crippen LogP contribution in [0.2, 0.25) is 0 Å². The van der Waals surface area contributed by atoms with E-state index in [0.717, 1.165) is 20.4 Å². The molecule has 0 N–H and O–H groups in total. The fourth-order valence-electron chi connectivity index (χ4n) is 2.37. The van der Waals surface area contributed by atoms with Crippen LogP contribution in [0, 0.1) is 0 Å². The van der Waals surface area contributed by atoms with Gasteiger partial charge in [0.2, 0.25) is 0 Å². The first kappa shape index (κ1) is 14.3. The lowest BCUT2D eigenvalue weighted by atomic mass is 10.4. The lowest BCUT2D eigenvalue weighted by molar-refractivity contribution is 0.592. The molecule has 0 aromatic heterocycles. The highest BCUT2D eigenvalue weighted by atomic mass is 79.9. The van der Waals surface area contributed by atoms with Crippen LogP contribution < -0.4 is 15.9 Å². The summed E-state index contributed by atoms with van der Waals surface area (Å²) in [6, 6.07) is 27.1. The minimum Gasteiger partial charge on any atom is -0.309 e. The molecule has 0 aliphatic heterocycles. The van der Waals surface area contributed by atoms with Crippen LogP contribution >= 0.6 is 23.1 Å².